The van der Waals surface area contributed by atoms with Gasteiger partial charge in [-0.15, -0.1) is 0 Å². The molecule has 1 aliphatic heterocycles. The number of carbonyl (C=O) groups excluding carboxylic acids is 1. The van der Waals surface area contributed by atoms with E-state index < -0.39 is 0 Å². The van der Waals surface area contributed by atoms with Crippen molar-refractivity contribution in [2.45, 2.75) is 6.42 Å². The Balaban J connectivity index is 2.53. The highest BCUT2D eigenvalue weighted by Crippen LogP contribution is 2.22. The van der Waals surface area contributed by atoms with Gasteiger partial charge < -0.3 is 9.64 Å². The van der Waals surface area contributed by atoms with Crippen molar-refractivity contribution < 1.29 is 9.53 Å². The fourth-order valence-corrected chi connectivity index (χ4v) is 1.25. The summed E-state index contributed by atoms with van der Waals surface area (Å²) in [5.74, 6) is 1.08. The van der Waals surface area contributed by atoms with E-state index >= 15 is 0 Å². The molecule has 11 heavy (non-hydrogen) atoms. The summed E-state index contributed by atoms with van der Waals surface area (Å²) in [7, 11) is 3.39. The molecule has 1 fully saturated rings. The van der Waals surface area contributed by atoms with E-state index in [1.165, 1.54) is 0 Å². The Kier molecular flexibility index (Phi) is 2.17. The van der Waals surface area contributed by atoms with E-state index in [0.717, 1.165) is 6.54 Å². The normalized spacial score (nSPS) is 24.0. The highest BCUT2D eigenvalue weighted by molar-refractivity contribution is 5.78. The molecule has 0 bridgehead atoms. The van der Waals surface area contributed by atoms with E-state index in [4.69, 9.17) is 4.74 Å². The Bertz CT molecular complexity index is 189. The second-order valence-corrected chi connectivity index (χ2v) is 2.85. The van der Waals surface area contributed by atoms with E-state index in [-0.39, 0.29) is 11.8 Å². The van der Waals surface area contributed by atoms with Crippen LogP contribution in [-0.4, -0.2) is 31.5 Å². The Labute approximate surface area is 66.6 Å². The molecule has 1 heterocycles. The maximum absolute atomic E-state index is 11.0. The number of hydrogen-bond acceptors (Lipinski definition) is 2. The van der Waals surface area contributed by atoms with E-state index in [1.807, 2.05) is 0 Å². The van der Waals surface area contributed by atoms with Gasteiger partial charge in [-0.25, -0.2) is 0 Å². The molecule has 0 spiro atoms. The van der Waals surface area contributed by atoms with Crippen LogP contribution in [0.2, 0.25) is 0 Å². The Morgan fingerprint density at radius 2 is 2.45 bits per heavy atom. The van der Waals surface area contributed by atoms with Gasteiger partial charge in [0.1, 0.15) is 0 Å². The van der Waals surface area contributed by atoms with Crippen LogP contribution in [0.5, 0.6) is 0 Å². The lowest BCUT2D eigenvalue weighted by Gasteiger charge is -2.11. The molecule has 1 unspecified atom stereocenters. The van der Waals surface area contributed by atoms with Gasteiger partial charge >= 0.3 is 0 Å². The summed E-state index contributed by atoms with van der Waals surface area (Å²) in [4.78, 5) is 12.7. The number of likely N-dealkylation sites (tertiary alicyclic amines) is 1. The molecule has 1 saturated heterocycles. The monoisotopic (exact) mass is 155 g/mol. The van der Waals surface area contributed by atoms with Crippen molar-refractivity contribution in [2.75, 3.05) is 20.7 Å². The second kappa shape index (κ2) is 2.95. The summed E-state index contributed by atoms with van der Waals surface area (Å²) < 4.78 is 4.96. The van der Waals surface area contributed by atoms with E-state index in [1.54, 1.807) is 19.1 Å². The SMILES string of the molecule is C=C(OC)C1CC(=O)N(C)C1. The van der Waals surface area contributed by atoms with Crippen LogP contribution in [-0.2, 0) is 9.53 Å². The number of methoxy groups -OCH3 is 1. The first-order chi connectivity index (χ1) is 5.15. The third-order valence-corrected chi connectivity index (χ3v) is 2.06. The van der Waals surface area contributed by atoms with Crippen molar-refractivity contribution in [3.05, 3.63) is 12.3 Å². The van der Waals surface area contributed by atoms with Crippen molar-refractivity contribution in [3.8, 4) is 0 Å². The number of carbonyl (C=O) groups is 1. The average Bonchev–Trinajstić information content (AvgIpc) is 2.31. The van der Waals surface area contributed by atoms with Crippen LogP contribution in [0.25, 0.3) is 0 Å². The van der Waals surface area contributed by atoms with Crippen molar-refractivity contribution >= 4 is 5.91 Å². The van der Waals surface area contributed by atoms with E-state index in [2.05, 4.69) is 6.58 Å². The molecule has 0 aromatic rings. The molecule has 3 heteroatoms. The Hall–Kier alpha value is -0.990. The highest BCUT2D eigenvalue weighted by atomic mass is 16.5. The zero-order chi connectivity index (χ0) is 8.43. The molecule has 1 aliphatic rings. The molecular formula is C8H13NO2. The predicted octanol–water partition coefficient (Wildman–Crippen LogP) is 0.625. The number of rotatable bonds is 2. The molecular weight excluding hydrogens is 142 g/mol. The minimum Gasteiger partial charge on any atom is -0.501 e. The van der Waals surface area contributed by atoms with Gasteiger partial charge in [0, 0.05) is 25.9 Å². The first-order valence-electron chi connectivity index (χ1n) is 3.62. The summed E-state index contributed by atoms with van der Waals surface area (Å²) in [6.07, 6.45) is 0.545. The standard InChI is InChI=1S/C8H13NO2/c1-6(11-3)7-4-8(10)9(2)5-7/h7H,1,4-5H2,2-3H3. The van der Waals surface area contributed by atoms with Crippen molar-refractivity contribution in [3.63, 3.8) is 0 Å². The molecule has 0 N–H and O–H groups in total. The molecule has 0 saturated carbocycles. The molecule has 0 aliphatic carbocycles. The van der Waals surface area contributed by atoms with Crippen molar-refractivity contribution in [1.82, 2.24) is 4.90 Å². The van der Waals surface area contributed by atoms with Crippen LogP contribution >= 0.6 is 0 Å². The summed E-state index contributed by atoms with van der Waals surface area (Å²) in [5.41, 5.74) is 0. The predicted molar refractivity (Wildman–Crippen MR) is 41.9 cm³/mol. The smallest absolute Gasteiger partial charge is 0.223 e. The molecule has 0 radical (unpaired) electrons. The largest absolute Gasteiger partial charge is 0.501 e. The molecule has 3 nitrogen and oxygen atoms in total. The Morgan fingerprint density at radius 3 is 2.82 bits per heavy atom. The van der Waals surface area contributed by atoms with Gasteiger partial charge in [0.05, 0.1) is 12.9 Å². The number of nitrogens with zero attached hydrogens (tertiary/aromatic N) is 1. The summed E-state index contributed by atoms with van der Waals surface area (Å²) in [6, 6.07) is 0. The molecule has 1 atom stereocenters. The lowest BCUT2D eigenvalue weighted by atomic mass is 10.1. The number of hydrogen-bond donors (Lipinski definition) is 0. The lowest BCUT2D eigenvalue weighted by molar-refractivity contribution is -0.126. The summed E-state index contributed by atoms with van der Waals surface area (Å²) in [5, 5.41) is 0. The maximum atomic E-state index is 11.0. The molecule has 0 aromatic carbocycles. The van der Waals surface area contributed by atoms with Gasteiger partial charge in [0.25, 0.3) is 0 Å². The topological polar surface area (TPSA) is 29.5 Å². The van der Waals surface area contributed by atoms with Gasteiger partial charge in [-0.2, -0.15) is 0 Å². The molecule has 0 aromatic heterocycles. The first-order valence-corrected chi connectivity index (χ1v) is 3.62. The number of amides is 1. The fourth-order valence-electron chi connectivity index (χ4n) is 1.25. The van der Waals surface area contributed by atoms with Crippen LogP contribution < -0.4 is 0 Å². The third kappa shape index (κ3) is 1.53. The van der Waals surface area contributed by atoms with E-state index in [0.29, 0.717) is 12.2 Å². The third-order valence-electron chi connectivity index (χ3n) is 2.06. The van der Waals surface area contributed by atoms with Crippen molar-refractivity contribution in [1.29, 1.82) is 0 Å². The minimum absolute atomic E-state index is 0.174. The van der Waals surface area contributed by atoms with Gasteiger partial charge in [-0.1, -0.05) is 6.58 Å². The Morgan fingerprint density at radius 1 is 1.82 bits per heavy atom. The van der Waals surface area contributed by atoms with Gasteiger partial charge in [-0.05, 0) is 0 Å². The zero-order valence-corrected chi connectivity index (χ0v) is 6.96. The second-order valence-electron chi connectivity index (χ2n) is 2.85. The van der Waals surface area contributed by atoms with Crippen LogP contribution in [0.15, 0.2) is 12.3 Å². The molecule has 1 amide bonds. The minimum atomic E-state index is 0.174. The summed E-state index contributed by atoms with van der Waals surface area (Å²) in [6.45, 7) is 4.46. The number of ether oxygens (including phenoxy) is 1. The lowest BCUT2D eigenvalue weighted by Crippen LogP contribution is -2.19. The van der Waals surface area contributed by atoms with Gasteiger partial charge in [0.15, 0.2) is 0 Å². The van der Waals surface area contributed by atoms with Crippen molar-refractivity contribution in [2.24, 2.45) is 5.92 Å². The van der Waals surface area contributed by atoms with Crippen LogP contribution in [0.1, 0.15) is 6.42 Å². The molecule has 62 valence electrons. The van der Waals surface area contributed by atoms with Crippen LogP contribution in [0.4, 0.5) is 0 Å². The first kappa shape index (κ1) is 8.11. The quantitative estimate of drug-likeness (QED) is 0.547. The van der Waals surface area contributed by atoms with Gasteiger partial charge in [-0.3, -0.25) is 4.79 Å². The summed E-state index contributed by atoms with van der Waals surface area (Å²) >= 11 is 0. The van der Waals surface area contributed by atoms with E-state index in [9.17, 15) is 4.79 Å². The highest BCUT2D eigenvalue weighted by Gasteiger charge is 2.29. The van der Waals surface area contributed by atoms with Crippen LogP contribution in [0.3, 0.4) is 0 Å². The maximum Gasteiger partial charge on any atom is 0.223 e. The van der Waals surface area contributed by atoms with Gasteiger partial charge in [0.2, 0.25) is 5.91 Å². The van der Waals surface area contributed by atoms with Crippen LogP contribution in [0, 0.1) is 5.92 Å². The fraction of sp³-hybridized carbons (Fsp3) is 0.625. The average molecular weight is 155 g/mol. The molecule has 1 rings (SSSR count). The zero-order valence-electron chi connectivity index (χ0n) is 6.96.